The van der Waals surface area contributed by atoms with E-state index in [1.165, 1.54) is 35.4 Å². The number of pyridine rings is 1. The van der Waals surface area contributed by atoms with E-state index in [0.717, 1.165) is 12.1 Å². The minimum atomic E-state index is -4.43. The second kappa shape index (κ2) is 6.78. The Labute approximate surface area is 163 Å². The van der Waals surface area contributed by atoms with Crippen LogP contribution in [0.4, 0.5) is 13.2 Å². The van der Waals surface area contributed by atoms with Crippen LogP contribution >= 0.6 is 0 Å². The standard InChI is InChI=1S/C21H14F3N3O2/c22-21(23,24)15-2-4-16(5-3-15)27-8-7-19(28)17-9-14(1-6-18(17)27)20(29)26-11-13(10-25)12-26/h1-9,13H,11-12H2. The molecular formula is C21H14F3N3O2. The third kappa shape index (κ3) is 3.36. The van der Waals surface area contributed by atoms with Gasteiger partial charge < -0.3 is 9.47 Å². The van der Waals surface area contributed by atoms with Crippen LogP contribution in [0.5, 0.6) is 0 Å². The first-order valence-corrected chi connectivity index (χ1v) is 8.80. The molecule has 1 aliphatic rings. The highest BCUT2D eigenvalue weighted by Gasteiger charge is 2.31. The maximum atomic E-state index is 12.8. The van der Waals surface area contributed by atoms with Crippen LogP contribution in [-0.2, 0) is 6.18 Å². The van der Waals surface area contributed by atoms with Crippen molar-refractivity contribution in [1.29, 1.82) is 5.26 Å². The molecule has 0 atom stereocenters. The molecule has 1 saturated heterocycles. The highest BCUT2D eigenvalue weighted by Crippen LogP contribution is 2.30. The van der Waals surface area contributed by atoms with Crippen molar-refractivity contribution in [2.45, 2.75) is 6.18 Å². The van der Waals surface area contributed by atoms with Crippen molar-refractivity contribution in [2.24, 2.45) is 5.92 Å². The molecule has 5 nitrogen and oxygen atoms in total. The SMILES string of the molecule is N#CC1CN(C(=O)c2ccc3c(c2)c(=O)ccn3-c2ccc(C(F)(F)F)cc2)C1. The third-order valence-electron chi connectivity index (χ3n) is 4.97. The molecule has 8 heteroatoms. The molecule has 2 heterocycles. The number of halogens is 3. The molecule has 29 heavy (non-hydrogen) atoms. The van der Waals surface area contributed by atoms with Gasteiger partial charge in [-0.05, 0) is 42.5 Å². The molecular weight excluding hydrogens is 383 g/mol. The van der Waals surface area contributed by atoms with Gasteiger partial charge in [0, 0.05) is 42.0 Å². The molecule has 1 aliphatic heterocycles. The Morgan fingerprint density at radius 1 is 1.07 bits per heavy atom. The fourth-order valence-corrected chi connectivity index (χ4v) is 3.33. The van der Waals surface area contributed by atoms with Crippen molar-refractivity contribution in [3.63, 3.8) is 0 Å². The molecule has 0 radical (unpaired) electrons. The minimum absolute atomic E-state index is 0.170. The van der Waals surface area contributed by atoms with E-state index in [9.17, 15) is 22.8 Å². The molecule has 146 valence electrons. The topological polar surface area (TPSA) is 66.1 Å². The normalized spacial score (nSPS) is 14.5. The van der Waals surface area contributed by atoms with Gasteiger partial charge in [0.25, 0.3) is 5.91 Å². The quantitative estimate of drug-likeness (QED) is 0.664. The zero-order valence-electron chi connectivity index (χ0n) is 15.0. The van der Waals surface area contributed by atoms with Crippen molar-refractivity contribution >= 4 is 16.8 Å². The van der Waals surface area contributed by atoms with Crippen molar-refractivity contribution in [3.05, 3.63) is 76.1 Å². The fourth-order valence-electron chi connectivity index (χ4n) is 3.33. The molecule has 1 fully saturated rings. The monoisotopic (exact) mass is 397 g/mol. The van der Waals surface area contributed by atoms with Gasteiger partial charge in [0.2, 0.25) is 0 Å². The summed E-state index contributed by atoms with van der Waals surface area (Å²) in [6.45, 7) is 0.718. The molecule has 3 aromatic rings. The van der Waals surface area contributed by atoms with Gasteiger partial charge in [-0.3, -0.25) is 9.59 Å². The average Bonchev–Trinajstić information content (AvgIpc) is 2.67. The number of hydrogen-bond acceptors (Lipinski definition) is 3. The lowest BCUT2D eigenvalue weighted by molar-refractivity contribution is -0.137. The first-order chi connectivity index (χ1) is 13.8. The predicted molar refractivity (Wildman–Crippen MR) is 99.6 cm³/mol. The van der Waals surface area contributed by atoms with Crippen molar-refractivity contribution in [3.8, 4) is 11.8 Å². The Balaban J connectivity index is 1.72. The number of fused-ring (bicyclic) bond motifs is 1. The number of nitrogens with zero attached hydrogens (tertiary/aromatic N) is 3. The van der Waals surface area contributed by atoms with E-state index in [2.05, 4.69) is 6.07 Å². The lowest BCUT2D eigenvalue weighted by atomic mass is 10.00. The smallest absolute Gasteiger partial charge is 0.336 e. The van der Waals surface area contributed by atoms with Gasteiger partial charge in [-0.2, -0.15) is 18.4 Å². The Hall–Kier alpha value is -3.60. The van der Waals surface area contributed by atoms with E-state index in [-0.39, 0.29) is 22.6 Å². The molecule has 0 saturated carbocycles. The number of amides is 1. The summed E-state index contributed by atoms with van der Waals surface area (Å²) >= 11 is 0. The zero-order chi connectivity index (χ0) is 20.8. The molecule has 4 rings (SSSR count). The van der Waals surface area contributed by atoms with Crippen LogP contribution in [0.15, 0.2) is 59.5 Å². The highest BCUT2D eigenvalue weighted by atomic mass is 19.4. The number of aromatic nitrogens is 1. The number of nitriles is 1. The summed E-state index contributed by atoms with van der Waals surface area (Å²) in [4.78, 5) is 26.4. The molecule has 0 spiro atoms. The van der Waals surface area contributed by atoms with Gasteiger partial charge >= 0.3 is 6.18 Å². The number of carbonyl (C=O) groups excluding carboxylic acids is 1. The lowest BCUT2D eigenvalue weighted by Gasteiger charge is -2.35. The molecule has 0 unspecified atom stereocenters. The summed E-state index contributed by atoms with van der Waals surface area (Å²) in [5.41, 5.74) is 0.214. The zero-order valence-corrected chi connectivity index (χ0v) is 15.0. The largest absolute Gasteiger partial charge is 0.416 e. The molecule has 0 N–H and O–H groups in total. The van der Waals surface area contributed by atoms with Crippen molar-refractivity contribution in [2.75, 3.05) is 13.1 Å². The average molecular weight is 397 g/mol. The van der Waals surface area contributed by atoms with Gasteiger partial charge in [-0.1, -0.05) is 0 Å². The number of hydrogen-bond donors (Lipinski definition) is 0. The van der Waals surface area contributed by atoms with Crippen LogP contribution in [0.3, 0.4) is 0 Å². The van der Waals surface area contributed by atoms with E-state index in [1.807, 2.05) is 0 Å². The fraction of sp³-hybridized carbons (Fsp3) is 0.190. The van der Waals surface area contributed by atoms with Crippen molar-refractivity contribution < 1.29 is 18.0 Å². The van der Waals surface area contributed by atoms with Crippen LogP contribution < -0.4 is 5.43 Å². The van der Waals surface area contributed by atoms with E-state index in [4.69, 9.17) is 5.26 Å². The van der Waals surface area contributed by atoms with Crippen LogP contribution in [-0.4, -0.2) is 28.5 Å². The molecule has 0 bridgehead atoms. The van der Waals surface area contributed by atoms with Crippen molar-refractivity contribution in [1.82, 2.24) is 9.47 Å². The predicted octanol–water partition coefficient (Wildman–Crippen LogP) is 3.61. The Morgan fingerprint density at radius 3 is 2.38 bits per heavy atom. The Kier molecular flexibility index (Phi) is 4.38. The Bertz CT molecular complexity index is 1200. The number of carbonyl (C=O) groups is 1. The summed E-state index contributed by atoms with van der Waals surface area (Å²) in [7, 11) is 0. The highest BCUT2D eigenvalue weighted by molar-refractivity contribution is 5.98. The van der Waals surface area contributed by atoms with Gasteiger partial charge in [-0.25, -0.2) is 0 Å². The van der Waals surface area contributed by atoms with Crippen LogP contribution in [0.2, 0.25) is 0 Å². The Morgan fingerprint density at radius 2 is 1.76 bits per heavy atom. The number of rotatable bonds is 2. The van der Waals surface area contributed by atoms with Gasteiger partial charge in [0.05, 0.1) is 23.1 Å². The first kappa shape index (κ1) is 18.7. The summed E-state index contributed by atoms with van der Waals surface area (Å²) < 4.78 is 40.0. The van der Waals surface area contributed by atoms with E-state index in [1.54, 1.807) is 16.7 Å². The number of likely N-dealkylation sites (tertiary alicyclic amines) is 1. The first-order valence-electron chi connectivity index (χ1n) is 8.80. The third-order valence-corrected chi connectivity index (χ3v) is 4.97. The second-order valence-corrected chi connectivity index (χ2v) is 6.86. The summed E-state index contributed by atoms with van der Waals surface area (Å²) in [5.74, 6) is -0.431. The van der Waals surface area contributed by atoms with Crippen LogP contribution in [0.25, 0.3) is 16.6 Å². The maximum Gasteiger partial charge on any atom is 0.416 e. The molecule has 1 amide bonds. The summed E-state index contributed by atoms with van der Waals surface area (Å²) in [6, 6.07) is 12.7. The summed E-state index contributed by atoms with van der Waals surface area (Å²) in [5, 5.41) is 9.13. The molecule has 0 aliphatic carbocycles. The van der Waals surface area contributed by atoms with E-state index >= 15 is 0 Å². The van der Waals surface area contributed by atoms with Crippen LogP contribution in [0, 0.1) is 17.2 Å². The lowest BCUT2D eigenvalue weighted by Crippen LogP contribution is -2.49. The van der Waals surface area contributed by atoms with E-state index < -0.39 is 11.7 Å². The van der Waals surface area contributed by atoms with Crippen LogP contribution in [0.1, 0.15) is 15.9 Å². The molecule has 1 aromatic heterocycles. The summed E-state index contributed by atoms with van der Waals surface area (Å²) in [6.07, 6.45) is -2.94. The minimum Gasteiger partial charge on any atom is -0.336 e. The van der Waals surface area contributed by atoms with Gasteiger partial charge in [-0.15, -0.1) is 0 Å². The second-order valence-electron chi connectivity index (χ2n) is 6.86. The maximum absolute atomic E-state index is 12.8. The van der Waals surface area contributed by atoms with E-state index in [0.29, 0.717) is 29.9 Å². The number of alkyl halides is 3. The molecule has 2 aromatic carbocycles. The van der Waals surface area contributed by atoms with Gasteiger partial charge in [0.15, 0.2) is 5.43 Å². The van der Waals surface area contributed by atoms with Gasteiger partial charge in [0.1, 0.15) is 0 Å². The number of benzene rings is 2.